The molecule has 1 heterocycles. The molecule has 0 N–H and O–H groups in total. The number of hydrogen-bond donors (Lipinski definition) is 0. The molecule has 0 saturated carbocycles. The third-order valence-corrected chi connectivity index (χ3v) is 7.82. The Hall–Kier alpha value is -1.94. The molecule has 1 aliphatic heterocycles. The van der Waals surface area contributed by atoms with Crippen molar-refractivity contribution >= 4 is 20.1 Å². The molecule has 3 rings (SSSR count). The Labute approximate surface area is 172 Å². The maximum absolute atomic E-state index is 12.6. The highest BCUT2D eigenvalue weighted by Crippen LogP contribution is 2.26. The topological polar surface area (TPSA) is 90.0 Å². The minimum atomic E-state index is -4.08. The van der Waals surface area contributed by atoms with Crippen LogP contribution in [0.1, 0.15) is 26.3 Å². The van der Waals surface area contributed by atoms with Gasteiger partial charge in [0, 0.05) is 13.1 Å². The molecule has 0 bridgehead atoms. The zero-order valence-electron chi connectivity index (χ0n) is 16.7. The van der Waals surface area contributed by atoms with E-state index in [0.29, 0.717) is 13.2 Å². The molecule has 7 nitrogen and oxygen atoms in total. The number of nitrogens with zero attached hydrogens (tertiary/aromatic N) is 1. The van der Waals surface area contributed by atoms with Crippen molar-refractivity contribution < 1.29 is 25.8 Å². The van der Waals surface area contributed by atoms with Gasteiger partial charge in [-0.2, -0.15) is 12.7 Å². The van der Waals surface area contributed by atoms with Gasteiger partial charge in [0.05, 0.1) is 18.1 Å². The molecule has 1 saturated heterocycles. The standard InChI is InChI=1S/C20H25NO6S2/c1-20(2,3)16-4-6-17(7-5-16)27-29(24,25)19-10-8-18(9-11-19)28(22,23)21-12-14-26-15-13-21/h4-11H,12-15H2,1-3H3. The van der Waals surface area contributed by atoms with E-state index in [9.17, 15) is 16.8 Å². The van der Waals surface area contributed by atoms with E-state index in [2.05, 4.69) is 20.8 Å². The van der Waals surface area contributed by atoms with Crippen LogP contribution in [0.2, 0.25) is 0 Å². The lowest BCUT2D eigenvalue weighted by Crippen LogP contribution is -2.40. The van der Waals surface area contributed by atoms with E-state index in [1.54, 1.807) is 12.1 Å². The lowest BCUT2D eigenvalue weighted by Gasteiger charge is -2.26. The average Bonchev–Trinajstić information content (AvgIpc) is 2.68. The average molecular weight is 440 g/mol. The van der Waals surface area contributed by atoms with Crippen molar-refractivity contribution in [1.82, 2.24) is 4.31 Å². The summed E-state index contributed by atoms with van der Waals surface area (Å²) < 4.78 is 62.1. The van der Waals surface area contributed by atoms with Crippen LogP contribution in [0.5, 0.6) is 5.75 Å². The maximum atomic E-state index is 12.6. The van der Waals surface area contributed by atoms with Crippen molar-refractivity contribution in [3.63, 3.8) is 0 Å². The quantitative estimate of drug-likeness (QED) is 0.666. The zero-order chi connectivity index (χ0) is 21.3. The molecule has 2 aromatic carbocycles. The minimum absolute atomic E-state index is 0.0351. The van der Waals surface area contributed by atoms with Gasteiger partial charge in [0.1, 0.15) is 10.6 Å². The smallest absolute Gasteiger partial charge is 0.339 e. The van der Waals surface area contributed by atoms with Gasteiger partial charge in [0.15, 0.2) is 0 Å². The van der Waals surface area contributed by atoms with Crippen molar-refractivity contribution in [1.29, 1.82) is 0 Å². The fraction of sp³-hybridized carbons (Fsp3) is 0.400. The van der Waals surface area contributed by atoms with E-state index >= 15 is 0 Å². The van der Waals surface area contributed by atoms with Crippen molar-refractivity contribution in [2.24, 2.45) is 0 Å². The van der Waals surface area contributed by atoms with Gasteiger partial charge in [-0.15, -0.1) is 0 Å². The largest absolute Gasteiger partial charge is 0.379 e. The lowest BCUT2D eigenvalue weighted by atomic mass is 9.87. The first-order valence-corrected chi connectivity index (χ1v) is 12.1. The van der Waals surface area contributed by atoms with Crippen LogP contribution in [0.25, 0.3) is 0 Å². The highest BCUT2D eigenvalue weighted by atomic mass is 32.2. The summed E-state index contributed by atoms with van der Waals surface area (Å²) in [6.07, 6.45) is 0. The van der Waals surface area contributed by atoms with Crippen molar-refractivity contribution in [3.05, 3.63) is 54.1 Å². The van der Waals surface area contributed by atoms with Crippen LogP contribution in [-0.2, 0) is 30.3 Å². The Bertz CT molecular complexity index is 1050. The summed E-state index contributed by atoms with van der Waals surface area (Å²) in [5.41, 5.74) is 0.999. The number of ether oxygens (including phenoxy) is 1. The predicted molar refractivity (Wildman–Crippen MR) is 109 cm³/mol. The molecule has 0 aromatic heterocycles. The molecule has 2 aromatic rings. The molecule has 0 spiro atoms. The van der Waals surface area contributed by atoms with Crippen LogP contribution in [0.15, 0.2) is 58.3 Å². The van der Waals surface area contributed by atoms with E-state index in [4.69, 9.17) is 8.92 Å². The van der Waals surface area contributed by atoms with Crippen LogP contribution >= 0.6 is 0 Å². The Morgan fingerprint density at radius 1 is 0.828 bits per heavy atom. The number of hydrogen-bond acceptors (Lipinski definition) is 6. The molecular formula is C20H25NO6S2. The normalized spacial score (nSPS) is 16.5. The summed E-state index contributed by atoms with van der Waals surface area (Å²) in [6.45, 7) is 7.41. The molecule has 0 unspecified atom stereocenters. The second kappa shape index (κ2) is 8.06. The van der Waals surface area contributed by atoms with Gasteiger partial charge in [-0.25, -0.2) is 8.42 Å². The SMILES string of the molecule is CC(C)(C)c1ccc(OS(=O)(=O)c2ccc(S(=O)(=O)N3CCOCC3)cc2)cc1. The van der Waals surface area contributed by atoms with E-state index in [1.807, 2.05) is 12.1 Å². The van der Waals surface area contributed by atoms with Crippen molar-refractivity contribution in [2.45, 2.75) is 36.0 Å². The van der Waals surface area contributed by atoms with Gasteiger partial charge < -0.3 is 8.92 Å². The van der Waals surface area contributed by atoms with Crippen LogP contribution in [0, 0.1) is 0 Å². The summed E-state index contributed by atoms with van der Waals surface area (Å²) in [5.74, 6) is 0.197. The lowest BCUT2D eigenvalue weighted by molar-refractivity contribution is 0.0730. The summed E-state index contributed by atoms with van der Waals surface area (Å²) in [6, 6.07) is 11.9. The second-order valence-corrected chi connectivity index (χ2v) is 11.3. The summed E-state index contributed by atoms with van der Waals surface area (Å²) >= 11 is 0. The molecule has 9 heteroatoms. The predicted octanol–water partition coefficient (Wildman–Crippen LogP) is 2.77. The molecule has 0 radical (unpaired) electrons. The second-order valence-electron chi connectivity index (χ2n) is 7.80. The van der Waals surface area contributed by atoms with Crippen LogP contribution < -0.4 is 4.18 Å². The fourth-order valence-corrected chi connectivity index (χ4v) is 5.24. The molecule has 29 heavy (non-hydrogen) atoms. The number of morpholine rings is 1. The van der Waals surface area contributed by atoms with Crippen molar-refractivity contribution in [2.75, 3.05) is 26.3 Å². The van der Waals surface area contributed by atoms with Crippen LogP contribution in [-0.4, -0.2) is 47.4 Å². The molecule has 0 aliphatic carbocycles. The van der Waals surface area contributed by atoms with Crippen LogP contribution in [0.3, 0.4) is 0 Å². The van der Waals surface area contributed by atoms with Gasteiger partial charge in [0.25, 0.3) is 0 Å². The minimum Gasteiger partial charge on any atom is -0.379 e. The van der Waals surface area contributed by atoms with Gasteiger partial charge in [0.2, 0.25) is 10.0 Å². The summed E-state index contributed by atoms with van der Waals surface area (Å²) in [7, 11) is -7.76. The molecule has 0 amide bonds. The highest BCUT2D eigenvalue weighted by molar-refractivity contribution is 7.89. The first-order chi connectivity index (χ1) is 13.5. The van der Waals surface area contributed by atoms with Gasteiger partial charge in [-0.05, 0) is 47.4 Å². The Kier molecular flexibility index (Phi) is 6.05. The molecule has 1 fully saturated rings. The van der Waals surface area contributed by atoms with Crippen molar-refractivity contribution in [3.8, 4) is 5.75 Å². The first kappa shape index (κ1) is 21.8. The summed E-state index contributed by atoms with van der Waals surface area (Å²) in [5, 5.41) is 0. The Morgan fingerprint density at radius 3 is 1.86 bits per heavy atom. The monoisotopic (exact) mass is 439 g/mol. The number of rotatable bonds is 5. The first-order valence-electron chi connectivity index (χ1n) is 9.23. The zero-order valence-corrected chi connectivity index (χ0v) is 18.3. The number of benzene rings is 2. The van der Waals surface area contributed by atoms with Gasteiger partial charge >= 0.3 is 10.1 Å². The van der Waals surface area contributed by atoms with Gasteiger partial charge in [-0.1, -0.05) is 32.9 Å². The molecular weight excluding hydrogens is 414 g/mol. The Morgan fingerprint density at radius 2 is 1.34 bits per heavy atom. The molecule has 158 valence electrons. The highest BCUT2D eigenvalue weighted by Gasteiger charge is 2.27. The molecule has 0 atom stereocenters. The van der Waals surface area contributed by atoms with Crippen LogP contribution in [0.4, 0.5) is 0 Å². The number of sulfonamides is 1. The summed E-state index contributed by atoms with van der Waals surface area (Å²) in [4.78, 5) is -0.0776. The van der Waals surface area contributed by atoms with Gasteiger partial charge in [-0.3, -0.25) is 0 Å². The van der Waals surface area contributed by atoms with E-state index in [-0.39, 0.29) is 34.0 Å². The molecule has 1 aliphatic rings. The van der Waals surface area contributed by atoms with E-state index in [1.165, 1.54) is 28.6 Å². The van der Waals surface area contributed by atoms with E-state index < -0.39 is 20.1 Å². The maximum Gasteiger partial charge on any atom is 0.339 e. The third kappa shape index (κ3) is 4.98. The Balaban J connectivity index is 1.78. The fourth-order valence-electron chi connectivity index (χ4n) is 2.90. The third-order valence-electron chi connectivity index (χ3n) is 4.65. The van der Waals surface area contributed by atoms with E-state index in [0.717, 1.165) is 5.56 Å².